The van der Waals surface area contributed by atoms with E-state index in [1.807, 2.05) is 6.92 Å². The second kappa shape index (κ2) is 7.36. The predicted octanol–water partition coefficient (Wildman–Crippen LogP) is 2.36. The van der Waals surface area contributed by atoms with Crippen LogP contribution < -0.4 is 10.6 Å². The van der Waals surface area contributed by atoms with Crippen LogP contribution in [0.2, 0.25) is 0 Å². The Morgan fingerprint density at radius 1 is 1.32 bits per heavy atom. The Kier molecular flexibility index (Phi) is 6.12. The van der Waals surface area contributed by atoms with Crippen molar-refractivity contribution >= 4 is 12.0 Å². The quantitative estimate of drug-likeness (QED) is 0.693. The van der Waals surface area contributed by atoms with Crippen LogP contribution in [0, 0.1) is 11.8 Å². The van der Waals surface area contributed by atoms with Gasteiger partial charge in [0.2, 0.25) is 0 Å². The maximum absolute atomic E-state index is 11.8. The molecule has 3 N–H and O–H groups in total. The average Bonchev–Trinajstić information content (AvgIpc) is 2.69. The molecule has 0 spiro atoms. The van der Waals surface area contributed by atoms with Crippen LogP contribution in [0.4, 0.5) is 4.79 Å². The largest absolute Gasteiger partial charge is 0.480 e. The van der Waals surface area contributed by atoms with E-state index in [-0.39, 0.29) is 12.1 Å². The molecule has 19 heavy (non-hydrogen) atoms. The zero-order valence-electron chi connectivity index (χ0n) is 12.1. The minimum atomic E-state index is -0.970. The number of urea groups is 1. The van der Waals surface area contributed by atoms with Gasteiger partial charge >= 0.3 is 12.0 Å². The van der Waals surface area contributed by atoms with Crippen LogP contribution in [0.25, 0.3) is 0 Å². The lowest BCUT2D eigenvalue weighted by Gasteiger charge is -2.22. The molecule has 0 bridgehead atoms. The van der Waals surface area contributed by atoms with Gasteiger partial charge in [0.15, 0.2) is 0 Å². The van der Waals surface area contributed by atoms with Crippen LogP contribution in [0.5, 0.6) is 0 Å². The second-order valence-corrected chi connectivity index (χ2v) is 5.51. The van der Waals surface area contributed by atoms with Gasteiger partial charge in [-0.15, -0.1) is 0 Å². The molecule has 1 saturated carbocycles. The minimum Gasteiger partial charge on any atom is -0.480 e. The summed E-state index contributed by atoms with van der Waals surface area (Å²) < 4.78 is 0. The molecule has 5 nitrogen and oxygen atoms in total. The van der Waals surface area contributed by atoms with E-state index >= 15 is 0 Å². The zero-order valence-corrected chi connectivity index (χ0v) is 12.1. The van der Waals surface area contributed by atoms with Crippen molar-refractivity contribution in [1.82, 2.24) is 10.6 Å². The molecule has 5 heteroatoms. The summed E-state index contributed by atoms with van der Waals surface area (Å²) in [6, 6.07) is -0.973. The molecule has 0 heterocycles. The van der Waals surface area contributed by atoms with Crippen LogP contribution in [0.3, 0.4) is 0 Å². The monoisotopic (exact) mass is 270 g/mol. The summed E-state index contributed by atoms with van der Waals surface area (Å²) in [4.78, 5) is 22.8. The molecule has 110 valence electrons. The highest BCUT2D eigenvalue weighted by molar-refractivity contribution is 5.82. The number of carboxylic acid groups (broad SMARTS) is 1. The molecule has 4 atom stereocenters. The van der Waals surface area contributed by atoms with E-state index in [1.54, 1.807) is 0 Å². The maximum atomic E-state index is 11.8. The summed E-state index contributed by atoms with van der Waals surface area (Å²) in [5.74, 6) is 0.157. The number of carbonyl (C=O) groups excluding carboxylic acids is 1. The topological polar surface area (TPSA) is 78.4 Å². The van der Waals surface area contributed by atoms with E-state index in [1.165, 1.54) is 0 Å². The Hall–Kier alpha value is -1.26. The fourth-order valence-electron chi connectivity index (χ4n) is 2.94. The van der Waals surface area contributed by atoms with E-state index in [0.29, 0.717) is 18.3 Å². The first kappa shape index (κ1) is 15.8. The lowest BCUT2D eigenvalue weighted by molar-refractivity contribution is -0.139. The van der Waals surface area contributed by atoms with Crippen molar-refractivity contribution in [3.8, 4) is 0 Å². The number of hydrogen-bond donors (Lipinski definition) is 3. The van der Waals surface area contributed by atoms with Crippen LogP contribution >= 0.6 is 0 Å². The first-order valence-corrected chi connectivity index (χ1v) is 7.29. The number of hydrogen-bond acceptors (Lipinski definition) is 2. The van der Waals surface area contributed by atoms with Crippen molar-refractivity contribution in [2.24, 2.45) is 11.8 Å². The van der Waals surface area contributed by atoms with Crippen molar-refractivity contribution in [2.45, 2.75) is 65.0 Å². The Bertz CT molecular complexity index is 320. The minimum absolute atomic E-state index is 0.168. The summed E-state index contributed by atoms with van der Waals surface area (Å²) in [6.45, 7) is 6.23. The molecule has 1 fully saturated rings. The molecule has 1 rings (SSSR count). The van der Waals surface area contributed by atoms with Gasteiger partial charge in [0.1, 0.15) is 6.04 Å². The Morgan fingerprint density at radius 3 is 2.47 bits per heavy atom. The lowest BCUT2D eigenvalue weighted by Crippen LogP contribution is -2.49. The Labute approximate surface area is 115 Å². The van der Waals surface area contributed by atoms with E-state index in [4.69, 9.17) is 5.11 Å². The van der Waals surface area contributed by atoms with Gasteiger partial charge in [-0.2, -0.15) is 0 Å². The van der Waals surface area contributed by atoms with Crippen LogP contribution in [0.1, 0.15) is 52.9 Å². The number of carboxylic acids is 1. The van der Waals surface area contributed by atoms with Crippen molar-refractivity contribution in [3.63, 3.8) is 0 Å². The SMILES string of the molecule is CCC[C@H](NC(=O)NC1CCC(CC)C1C)C(=O)O. The van der Waals surface area contributed by atoms with Crippen molar-refractivity contribution in [1.29, 1.82) is 0 Å². The van der Waals surface area contributed by atoms with Gasteiger partial charge in [-0.25, -0.2) is 9.59 Å². The third-order valence-corrected chi connectivity index (χ3v) is 4.25. The summed E-state index contributed by atoms with van der Waals surface area (Å²) in [6.07, 6.45) is 4.45. The molecule has 0 radical (unpaired) electrons. The highest BCUT2D eigenvalue weighted by atomic mass is 16.4. The van der Waals surface area contributed by atoms with Crippen molar-refractivity contribution in [3.05, 3.63) is 0 Å². The number of nitrogens with one attached hydrogen (secondary N) is 2. The van der Waals surface area contributed by atoms with E-state index in [9.17, 15) is 9.59 Å². The molecule has 0 aliphatic heterocycles. The molecule has 3 unspecified atom stereocenters. The zero-order chi connectivity index (χ0) is 14.4. The summed E-state index contributed by atoms with van der Waals surface area (Å²) in [7, 11) is 0. The number of amides is 2. The van der Waals surface area contributed by atoms with Crippen molar-refractivity contribution < 1.29 is 14.7 Å². The smallest absolute Gasteiger partial charge is 0.326 e. The molecule has 2 amide bonds. The fourth-order valence-corrected chi connectivity index (χ4v) is 2.94. The van der Waals surface area contributed by atoms with Gasteiger partial charge in [-0.05, 0) is 31.1 Å². The lowest BCUT2D eigenvalue weighted by atomic mass is 9.93. The molecule has 0 aromatic carbocycles. The first-order valence-electron chi connectivity index (χ1n) is 7.29. The molecule has 0 aromatic rings. The van der Waals surface area contributed by atoms with Gasteiger partial charge in [0.25, 0.3) is 0 Å². The molecule has 0 saturated heterocycles. The summed E-state index contributed by atoms with van der Waals surface area (Å²) in [5, 5.41) is 14.5. The second-order valence-electron chi connectivity index (χ2n) is 5.51. The van der Waals surface area contributed by atoms with Crippen LogP contribution in [-0.2, 0) is 4.79 Å². The fraction of sp³-hybridized carbons (Fsp3) is 0.857. The highest BCUT2D eigenvalue weighted by Gasteiger charge is 2.32. The standard InChI is InChI=1S/C14H26N2O3/c1-4-6-12(13(17)18)16-14(19)15-11-8-7-10(5-2)9(11)3/h9-12H,4-8H2,1-3H3,(H,17,18)(H2,15,16,19)/t9?,10?,11?,12-/m0/s1. The molecular formula is C14H26N2O3. The van der Waals surface area contributed by atoms with Crippen LogP contribution in [-0.4, -0.2) is 29.2 Å². The molecular weight excluding hydrogens is 244 g/mol. The van der Waals surface area contributed by atoms with Gasteiger partial charge in [-0.3, -0.25) is 0 Å². The average molecular weight is 270 g/mol. The number of aliphatic carboxylic acids is 1. The molecule has 0 aromatic heterocycles. The molecule has 1 aliphatic rings. The Morgan fingerprint density at radius 2 is 2.00 bits per heavy atom. The van der Waals surface area contributed by atoms with Gasteiger partial charge in [0.05, 0.1) is 0 Å². The third-order valence-electron chi connectivity index (χ3n) is 4.25. The predicted molar refractivity (Wildman–Crippen MR) is 74.0 cm³/mol. The van der Waals surface area contributed by atoms with Gasteiger partial charge < -0.3 is 15.7 Å². The van der Waals surface area contributed by atoms with E-state index in [0.717, 1.165) is 25.7 Å². The van der Waals surface area contributed by atoms with E-state index in [2.05, 4.69) is 24.5 Å². The first-order chi connectivity index (χ1) is 8.99. The Balaban J connectivity index is 2.44. The summed E-state index contributed by atoms with van der Waals surface area (Å²) >= 11 is 0. The van der Waals surface area contributed by atoms with Gasteiger partial charge in [0, 0.05) is 6.04 Å². The number of carbonyl (C=O) groups is 2. The van der Waals surface area contributed by atoms with Crippen molar-refractivity contribution in [2.75, 3.05) is 0 Å². The molecule has 1 aliphatic carbocycles. The summed E-state index contributed by atoms with van der Waals surface area (Å²) in [5.41, 5.74) is 0. The van der Waals surface area contributed by atoms with Gasteiger partial charge in [-0.1, -0.05) is 33.6 Å². The van der Waals surface area contributed by atoms with Crippen LogP contribution in [0.15, 0.2) is 0 Å². The highest BCUT2D eigenvalue weighted by Crippen LogP contribution is 2.33. The van der Waals surface area contributed by atoms with E-state index < -0.39 is 12.0 Å². The normalized spacial score (nSPS) is 27.8. The third kappa shape index (κ3) is 4.40. The number of rotatable bonds is 6. The maximum Gasteiger partial charge on any atom is 0.326 e.